The Morgan fingerprint density at radius 3 is 2.51 bits per heavy atom. The predicted octanol–water partition coefficient (Wildman–Crippen LogP) is 6.49. The lowest BCUT2D eigenvalue weighted by Crippen LogP contribution is -2.48. The minimum Gasteiger partial charge on any atom is -0.497 e. The van der Waals surface area contributed by atoms with Gasteiger partial charge in [0.15, 0.2) is 8.32 Å². The second-order valence-corrected chi connectivity index (χ2v) is 16.5. The van der Waals surface area contributed by atoms with Crippen molar-refractivity contribution in [2.24, 2.45) is 5.41 Å². The number of benzene rings is 1. The Morgan fingerprint density at radius 1 is 1.29 bits per heavy atom. The van der Waals surface area contributed by atoms with Gasteiger partial charge in [0.2, 0.25) is 0 Å². The molecule has 7 nitrogen and oxygen atoms in total. The number of ether oxygens (including phenoxy) is 1. The summed E-state index contributed by atoms with van der Waals surface area (Å²) in [5.74, 6) is 0.676. The maximum Gasteiger partial charge on any atom is 0.407 e. The average Bonchev–Trinajstić information content (AvgIpc) is 2.80. The molecular weight excluding hydrogens is 484 g/mol. The summed E-state index contributed by atoms with van der Waals surface area (Å²) < 4.78 is 12.0. The molecule has 9 heteroatoms. The van der Waals surface area contributed by atoms with Gasteiger partial charge in [-0.05, 0) is 67.4 Å². The van der Waals surface area contributed by atoms with Crippen molar-refractivity contribution in [1.29, 1.82) is 0 Å². The number of likely N-dealkylation sites (tertiary alicyclic amines) is 1. The molecule has 0 spiro atoms. The van der Waals surface area contributed by atoms with Gasteiger partial charge in [0, 0.05) is 36.8 Å². The highest BCUT2D eigenvalue weighted by Crippen LogP contribution is 2.44. The number of carbonyl (C=O) groups is 1. The Morgan fingerprint density at radius 2 is 1.94 bits per heavy atom. The van der Waals surface area contributed by atoms with E-state index in [9.17, 15) is 15.0 Å². The molecule has 1 amide bonds. The molecule has 194 valence electrons. The van der Waals surface area contributed by atoms with Crippen LogP contribution < -0.4 is 4.74 Å². The lowest BCUT2D eigenvalue weighted by Gasteiger charge is -2.45. The van der Waals surface area contributed by atoms with Crippen molar-refractivity contribution in [1.82, 2.24) is 9.88 Å². The summed E-state index contributed by atoms with van der Waals surface area (Å²) in [6, 6.07) is 5.55. The van der Waals surface area contributed by atoms with Crippen molar-refractivity contribution in [2.75, 3.05) is 26.8 Å². The molecule has 1 aromatic heterocycles. The van der Waals surface area contributed by atoms with E-state index >= 15 is 0 Å². The number of aliphatic hydroxyl groups excluding tert-OH is 1. The van der Waals surface area contributed by atoms with E-state index in [1.165, 1.54) is 4.90 Å². The molecule has 2 heterocycles. The van der Waals surface area contributed by atoms with Gasteiger partial charge in [-0.2, -0.15) is 0 Å². The van der Waals surface area contributed by atoms with Crippen molar-refractivity contribution in [3.63, 3.8) is 0 Å². The molecule has 0 bridgehead atoms. The monoisotopic (exact) mass is 522 g/mol. The number of piperidine rings is 1. The number of carboxylic acid groups (broad SMARTS) is 1. The number of halogens is 1. The summed E-state index contributed by atoms with van der Waals surface area (Å²) in [5.41, 5.74) is 1.20. The van der Waals surface area contributed by atoms with E-state index in [0.717, 1.165) is 10.9 Å². The summed E-state index contributed by atoms with van der Waals surface area (Å²) in [7, 11) is -0.384. The first-order valence-corrected chi connectivity index (χ1v) is 15.5. The lowest BCUT2D eigenvalue weighted by molar-refractivity contribution is 0.0295. The second-order valence-electron chi connectivity index (χ2n) is 11.3. The molecule has 1 fully saturated rings. The van der Waals surface area contributed by atoms with E-state index in [1.807, 2.05) is 18.2 Å². The number of aromatic nitrogens is 1. The minimum absolute atomic E-state index is 0.0814. The lowest BCUT2D eigenvalue weighted by atomic mass is 9.74. The third-order valence-electron chi connectivity index (χ3n) is 7.99. The topological polar surface area (TPSA) is 92.1 Å². The molecule has 2 N–H and O–H groups in total. The Hall–Kier alpha value is -1.87. The first kappa shape index (κ1) is 27.7. The molecule has 0 saturated carbocycles. The zero-order valence-electron chi connectivity index (χ0n) is 21.7. The molecule has 1 atom stereocenters. The molecule has 1 aliphatic heterocycles. The predicted molar refractivity (Wildman–Crippen MR) is 142 cm³/mol. The molecule has 1 saturated heterocycles. The largest absolute Gasteiger partial charge is 0.497 e. The Kier molecular flexibility index (Phi) is 8.41. The standard InChI is InChI=1S/C26H39ClN2O5Si/c1-25(2,3)35(5,6)34-17-26(11-13-29(14-12-26)24(31)32)10-9-22(30)23-19-15-18(33-4)7-8-21(19)28-16-20(23)27/h7-8,15-16,22,30H,9-14,17H2,1-6H3,(H,31,32). The highest BCUT2D eigenvalue weighted by Gasteiger charge is 2.42. The van der Waals surface area contributed by atoms with Crippen LogP contribution in [0, 0.1) is 5.41 Å². The molecule has 2 aromatic rings. The normalized spacial score (nSPS) is 17.4. The maximum absolute atomic E-state index is 11.5. The fraction of sp³-hybridized carbons (Fsp3) is 0.615. The van der Waals surface area contributed by atoms with Crippen LogP contribution in [-0.4, -0.2) is 61.3 Å². The smallest absolute Gasteiger partial charge is 0.407 e. The van der Waals surface area contributed by atoms with Crippen molar-refractivity contribution >= 4 is 36.9 Å². The molecule has 0 radical (unpaired) electrons. The Labute approximate surface area is 214 Å². The van der Waals surface area contributed by atoms with Crippen LogP contribution in [0.3, 0.4) is 0 Å². The van der Waals surface area contributed by atoms with Crippen LogP contribution in [0.25, 0.3) is 10.9 Å². The fourth-order valence-electron chi connectivity index (χ4n) is 4.41. The van der Waals surface area contributed by atoms with Gasteiger partial charge >= 0.3 is 6.09 Å². The van der Waals surface area contributed by atoms with Crippen LogP contribution >= 0.6 is 11.6 Å². The van der Waals surface area contributed by atoms with Crippen LogP contribution in [0.1, 0.15) is 58.1 Å². The van der Waals surface area contributed by atoms with Gasteiger partial charge in [-0.25, -0.2) is 4.79 Å². The van der Waals surface area contributed by atoms with Crippen LogP contribution in [0.15, 0.2) is 24.4 Å². The zero-order chi connectivity index (χ0) is 26.0. The molecule has 1 unspecified atom stereocenters. The van der Waals surface area contributed by atoms with Crippen LogP contribution in [0.2, 0.25) is 23.2 Å². The number of nitrogens with zero attached hydrogens (tertiary/aromatic N) is 2. The van der Waals surface area contributed by atoms with E-state index in [0.29, 0.717) is 61.7 Å². The highest BCUT2D eigenvalue weighted by molar-refractivity contribution is 6.74. The van der Waals surface area contributed by atoms with E-state index in [1.54, 1.807) is 13.3 Å². The number of methoxy groups -OCH3 is 1. The van der Waals surface area contributed by atoms with Crippen LogP contribution in [0.4, 0.5) is 4.79 Å². The summed E-state index contributed by atoms with van der Waals surface area (Å²) in [6.07, 6.45) is 2.52. The van der Waals surface area contributed by atoms with E-state index in [2.05, 4.69) is 38.8 Å². The summed E-state index contributed by atoms with van der Waals surface area (Å²) in [4.78, 5) is 17.4. The van der Waals surface area contributed by atoms with Gasteiger partial charge in [-0.1, -0.05) is 32.4 Å². The first-order valence-electron chi connectivity index (χ1n) is 12.2. The molecule has 3 rings (SSSR count). The van der Waals surface area contributed by atoms with Crippen molar-refractivity contribution in [3.8, 4) is 5.75 Å². The summed E-state index contributed by atoms with van der Waals surface area (Å²) in [6.45, 7) is 12.6. The molecule has 35 heavy (non-hydrogen) atoms. The fourth-order valence-corrected chi connectivity index (χ4v) is 5.79. The van der Waals surface area contributed by atoms with Gasteiger partial charge in [-0.15, -0.1) is 0 Å². The van der Waals surface area contributed by atoms with E-state index < -0.39 is 20.5 Å². The van der Waals surface area contributed by atoms with E-state index in [4.69, 9.17) is 20.8 Å². The molecule has 1 aromatic carbocycles. The molecule has 0 aliphatic carbocycles. The summed E-state index contributed by atoms with van der Waals surface area (Å²) in [5, 5.41) is 22.0. The number of amides is 1. The highest BCUT2D eigenvalue weighted by atomic mass is 35.5. The van der Waals surface area contributed by atoms with Crippen molar-refractivity contribution in [2.45, 2.75) is 70.7 Å². The minimum atomic E-state index is -1.99. The Balaban J connectivity index is 1.83. The first-order chi connectivity index (χ1) is 16.3. The second kappa shape index (κ2) is 10.6. The number of fused-ring (bicyclic) bond motifs is 1. The molecular formula is C26H39ClN2O5Si. The summed E-state index contributed by atoms with van der Waals surface area (Å²) >= 11 is 6.52. The SMILES string of the molecule is COc1ccc2ncc(Cl)c(C(O)CCC3(CO[Si](C)(C)C(C)(C)C)CCN(C(=O)O)CC3)c2c1. The van der Waals surface area contributed by atoms with Gasteiger partial charge < -0.3 is 24.3 Å². The number of rotatable bonds is 8. The van der Waals surface area contributed by atoms with Gasteiger partial charge in [0.05, 0.1) is 23.8 Å². The number of pyridine rings is 1. The van der Waals surface area contributed by atoms with Crippen LogP contribution in [0.5, 0.6) is 5.75 Å². The number of hydrogen-bond acceptors (Lipinski definition) is 5. The van der Waals surface area contributed by atoms with Gasteiger partial charge in [0.1, 0.15) is 5.75 Å². The average molecular weight is 523 g/mol. The van der Waals surface area contributed by atoms with E-state index in [-0.39, 0.29) is 10.5 Å². The zero-order valence-corrected chi connectivity index (χ0v) is 23.5. The van der Waals surface area contributed by atoms with Crippen LogP contribution in [-0.2, 0) is 4.43 Å². The van der Waals surface area contributed by atoms with Crippen molar-refractivity contribution < 1.29 is 24.2 Å². The third-order valence-corrected chi connectivity index (χ3v) is 12.8. The Bertz CT molecular complexity index is 1050. The number of hydrogen-bond donors (Lipinski definition) is 2. The quantitative estimate of drug-likeness (QED) is 0.385. The molecule has 1 aliphatic rings. The third kappa shape index (κ3) is 6.28. The van der Waals surface area contributed by atoms with Crippen molar-refractivity contribution in [3.05, 3.63) is 35.0 Å². The van der Waals surface area contributed by atoms with Gasteiger partial charge in [-0.3, -0.25) is 4.98 Å². The maximum atomic E-state index is 11.5. The van der Waals surface area contributed by atoms with Gasteiger partial charge in [0.25, 0.3) is 0 Å². The number of aliphatic hydroxyl groups is 1.